The molecule has 0 fully saturated rings. The van der Waals surface area contributed by atoms with E-state index in [1.54, 1.807) is 5.01 Å². The third-order valence-electron chi connectivity index (χ3n) is 5.44. The Morgan fingerprint density at radius 2 is 1.69 bits per heavy atom. The van der Waals surface area contributed by atoms with Crippen molar-refractivity contribution in [3.8, 4) is 0 Å². The van der Waals surface area contributed by atoms with Crippen molar-refractivity contribution < 1.29 is 4.79 Å². The second kappa shape index (κ2) is 8.51. The van der Waals surface area contributed by atoms with E-state index < -0.39 is 6.17 Å². The number of nitrogens with zero attached hydrogens (tertiary/aromatic N) is 4. The highest BCUT2D eigenvalue weighted by Crippen LogP contribution is 2.31. The molecule has 32 heavy (non-hydrogen) atoms. The fourth-order valence-corrected chi connectivity index (χ4v) is 4.59. The highest BCUT2D eigenvalue weighted by atomic mass is 32.2. The van der Waals surface area contributed by atoms with E-state index in [4.69, 9.17) is 10.1 Å². The number of rotatable bonds is 4. The van der Waals surface area contributed by atoms with Crippen LogP contribution in [0.1, 0.15) is 17.3 Å². The third-order valence-corrected chi connectivity index (χ3v) is 6.38. The van der Waals surface area contributed by atoms with Gasteiger partial charge in [-0.2, -0.15) is 0 Å². The van der Waals surface area contributed by atoms with E-state index in [1.165, 1.54) is 17.3 Å². The molecule has 3 aromatic rings. The Bertz CT molecular complexity index is 1300. The van der Waals surface area contributed by atoms with Gasteiger partial charge in [-0.25, -0.2) is 5.01 Å². The molecule has 0 unspecified atom stereocenters. The molecular weight excluding hydrogens is 418 g/mol. The van der Waals surface area contributed by atoms with Crippen LogP contribution >= 0.6 is 11.8 Å². The number of benzene rings is 3. The quantitative estimate of drug-likeness (QED) is 0.677. The van der Waals surface area contributed by atoms with Gasteiger partial charge >= 0.3 is 0 Å². The fraction of sp³-hybridized carbons (Fsp3) is 0.160. The van der Waals surface area contributed by atoms with Crippen LogP contribution in [0.4, 0.5) is 5.69 Å². The van der Waals surface area contributed by atoms with Crippen LogP contribution in [0.25, 0.3) is 5.70 Å². The Morgan fingerprint density at radius 3 is 2.44 bits per heavy atom. The number of amides is 1. The average molecular weight is 442 g/mol. The molecule has 7 heteroatoms. The van der Waals surface area contributed by atoms with Gasteiger partial charge in [-0.15, -0.1) is 5.10 Å². The van der Waals surface area contributed by atoms with Crippen molar-refractivity contribution >= 4 is 34.2 Å². The van der Waals surface area contributed by atoms with Crippen LogP contribution < -0.4 is 20.8 Å². The smallest absolute Gasteiger partial charge is 0.276 e. The van der Waals surface area contributed by atoms with E-state index in [0.29, 0.717) is 10.9 Å². The van der Waals surface area contributed by atoms with E-state index >= 15 is 0 Å². The van der Waals surface area contributed by atoms with Crippen LogP contribution in [-0.2, 0) is 10.5 Å². The summed E-state index contributed by atoms with van der Waals surface area (Å²) in [6.07, 6.45) is -0.408. The number of anilines is 1. The summed E-state index contributed by atoms with van der Waals surface area (Å²) in [5.74, 6) is 0.562. The van der Waals surface area contributed by atoms with E-state index in [9.17, 15) is 4.79 Å². The number of carbonyl (C=O) groups excluding carboxylic acids is 1. The lowest BCUT2D eigenvalue weighted by atomic mass is 10.1. The van der Waals surface area contributed by atoms with Crippen LogP contribution in [0.5, 0.6) is 0 Å². The van der Waals surface area contributed by atoms with E-state index in [2.05, 4.69) is 34.5 Å². The standard InChI is InChI=1S/C25H23N5OS/c1-29(2)19-14-12-18(13-15-19)23-26-21-11-7-6-10-20(21)22-24(31)27-25(28-30(22)23)32-16-17-8-4-3-5-9-17/h3-15,23H,16H2,1-2H3,(H,27,28,31)/t23-/m1/s1. The molecule has 0 saturated carbocycles. The molecule has 2 aliphatic heterocycles. The molecular formula is C25H23N5OS. The summed E-state index contributed by atoms with van der Waals surface area (Å²) in [6.45, 7) is 0. The number of nitrogens with one attached hydrogen (secondary N) is 1. The predicted octanol–water partition coefficient (Wildman–Crippen LogP) is 2.83. The topological polar surface area (TPSA) is 60.3 Å². The van der Waals surface area contributed by atoms with Crippen LogP contribution in [0, 0.1) is 0 Å². The van der Waals surface area contributed by atoms with Crippen molar-refractivity contribution in [2.24, 2.45) is 10.1 Å². The van der Waals surface area contributed by atoms with E-state index in [0.717, 1.165) is 27.6 Å². The van der Waals surface area contributed by atoms with Crippen molar-refractivity contribution in [2.45, 2.75) is 11.9 Å². The van der Waals surface area contributed by atoms with Gasteiger partial charge < -0.3 is 4.90 Å². The minimum absolute atomic E-state index is 0.159. The van der Waals surface area contributed by atoms with Gasteiger partial charge in [-0.1, -0.05) is 72.4 Å². The molecule has 160 valence electrons. The maximum atomic E-state index is 13.2. The number of hydrazone groups is 1. The predicted molar refractivity (Wildman–Crippen MR) is 129 cm³/mol. The van der Waals surface area contributed by atoms with Crippen molar-refractivity contribution in [1.82, 2.24) is 10.3 Å². The van der Waals surface area contributed by atoms with E-state index in [1.807, 2.05) is 68.7 Å². The zero-order valence-corrected chi connectivity index (χ0v) is 18.7. The van der Waals surface area contributed by atoms with E-state index in [-0.39, 0.29) is 5.91 Å². The molecule has 0 aliphatic carbocycles. The van der Waals surface area contributed by atoms with Gasteiger partial charge in [-0.3, -0.25) is 15.1 Å². The van der Waals surface area contributed by atoms with Crippen molar-refractivity contribution in [1.29, 1.82) is 0 Å². The van der Waals surface area contributed by atoms with Crippen molar-refractivity contribution in [3.63, 3.8) is 0 Å². The van der Waals surface area contributed by atoms with Gasteiger partial charge in [-0.05, 0) is 29.3 Å². The maximum Gasteiger partial charge on any atom is 0.276 e. The van der Waals surface area contributed by atoms with Crippen molar-refractivity contribution in [2.75, 3.05) is 19.0 Å². The van der Waals surface area contributed by atoms with Gasteiger partial charge in [0.25, 0.3) is 5.91 Å². The molecule has 0 radical (unpaired) electrons. The summed E-state index contributed by atoms with van der Waals surface area (Å²) in [6, 6.07) is 26.1. The average Bonchev–Trinajstić information content (AvgIpc) is 2.82. The number of hydrogen-bond donors (Lipinski definition) is 1. The second-order valence-corrected chi connectivity index (χ2v) is 8.80. The molecule has 5 rings (SSSR count). The Kier molecular flexibility index (Phi) is 5.41. The van der Waals surface area contributed by atoms with Crippen molar-refractivity contribution in [3.05, 3.63) is 101 Å². The molecule has 1 atom stereocenters. The number of amidine groups is 1. The number of para-hydroxylation sites is 1. The van der Waals surface area contributed by atoms with Crippen LogP contribution in [0.15, 0.2) is 89.0 Å². The molecule has 0 saturated heterocycles. The van der Waals surface area contributed by atoms with Gasteiger partial charge in [0.1, 0.15) is 5.70 Å². The fourth-order valence-electron chi connectivity index (χ4n) is 3.78. The first-order valence-corrected chi connectivity index (χ1v) is 11.4. The molecule has 0 aromatic heterocycles. The number of carbonyl (C=O) groups is 1. The Balaban J connectivity index is 1.55. The minimum Gasteiger partial charge on any atom is -0.378 e. The normalized spacial score (nSPS) is 17.0. The van der Waals surface area contributed by atoms with Crippen LogP contribution in [-0.4, -0.2) is 30.2 Å². The van der Waals surface area contributed by atoms with Gasteiger partial charge in [0.15, 0.2) is 11.3 Å². The lowest BCUT2D eigenvalue weighted by Crippen LogP contribution is -2.50. The number of hydrogen-bond acceptors (Lipinski definition) is 6. The zero-order chi connectivity index (χ0) is 22.1. The second-order valence-electron chi connectivity index (χ2n) is 7.83. The number of fused-ring (bicyclic) bond motifs is 2. The summed E-state index contributed by atoms with van der Waals surface area (Å²) < 4.78 is 0. The van der Waals surface area contributed by atoms with Crippen LogP contribution in [0.3, 0.4) is 0 Å². The highest BCUT2D eigenvalue weighted by Gasteiger charge is 2.34. The third kappa shape index (κ3) is 3.87. The molecule has 1 amide bonds. The molecule has 2 aliphatic rings. The summed E-state index contributed by atoms with van der Waals surface area (Å²) in [5.41, 5.74) is 3.79. The summed E-state index contributed by atoms with van der Waals surface area (Å²) in [7, 11) is 4.02. The van der Waals surface area contributed by atoms with Gasteiger partial charge in [0.05, 0.1) is 5.36 Å². The van der Waals surface area contributed by atoms with Crippen LogP contribution in [0.2, 0.25) is 0 Å². The first kappa shape index (κ1) is 20.3. The first-order valence-electron chi connectivity index (χ1n) is 10.4. The Morgan fingerprint density at radius 1 is 0.969 bits per heavy atom. The monoisotopic (exact) mass is 441 g/mol. The molecule has 0 bridgehead atoms. The summed E-state index contributed by atoms with van der Waals surface area (Å²) in [5, 5.41) is 11.7. The zero-order valence-electron chi connectivity index (χ0n) is 17.9. The molecule has 0 spiro atoms. The lowest BCUT2D eigenvalue weighted by Gasteiger charge is -2.34. The molecule has 6 nitrogen and oxygen atoms in total. The first-order chi connectivity index (χ1) is 15.6. The number of thioether (sulfide) groups is 1. The highest BCUT2D eigenvalue weighted by molar-refractivity contribution is 8.13. The van der Waals surface area contributed by atoms with Gasteiger partial charge in [0, 0.05) is 30.8 Å². The molecule has 3 aromatic carbocycles. The molecule has 2 heterocycles. The maximum absolute atomic E-state index is 13.2. The SMILES string of the molecule is CN(C)c1ccc([C@@H]2N=c3ccccc3=C3C(=O)NC(SCc4ccccc4)=NN32)cc1. The Hall–Kier alpha value is -3.58. The largest absolute Gasteiger partial charge is 0.378 e. The van der Waals surface area contributed by atoms with Gasteiger partial charge in [0.2, 0.25) is 0 Å². The summed E-state index contributed by atoms with van der Waals surface area (Å²) >= 11 is 1.51. The summed E-state index contributed by atoms with van der Waals surface area (Å²) in [4.78, 5) is 20.2. The molecule has 1 N–H and O–H groups in total. The lowest BCUT2D eigenvalue weighted by molar-refractivity contribution is -0.116. The Labute approximate surface area is 191 Å². The minimum atomic E-state index is -0.408.